The number of hydrogen-bond donors (Lipinski definition) is 3. The molecule has 3 N–H and O–H groups in total. The molecule has 2 aromatic rings. The summed E-state index contributed by atoms with van der Waals surface area (Å²) in [6.45, 7) is -0.331. The Morgan fingerprint density at radius 3 is 2.50 bits per heavy atom. The second-order valence-corrected chi connectivity index (χ2v) is 5.07. The topological polar surface area (TPSA) is 69.6 Å². The minimum atomic E-state index is -3.08. The Bertz CT molecular complexity index is 744. The first kappa shape index (κ1) is 14.6. The van der Waals surface area contributed by atoms with Gasteiger partial charge in [-0.25, -0.2) is 0 Å². The molecule has 0 spiro atoms. The molecule has 22 heavy (non-hydrogen) atoms. The normalized spacial score (nSPS) is 14.6. The van der Waals surface area contributed by atoms with Gasteiger partial charge in [-0.3, -0.25) is 4.79 Å². The predicted molar refractivity (Wildman–Crippen MR) is 75.4 cm³/mol. The van der Waals surface area contributed by atoms with Gasteiger partial charge < -0.3 is 15.5 Å². The van der Waals surface area contributed by atoms with Crippen molar-refractivity contribution in [3.05, 3.63) is 59.2 Å². The minimum absolute atomic E-state index is 0.0756. The fraction of sp³-hybridized carbons (Fsp3) is 0.188. The highest BCUT2D eigenvalue weighted by Gasteiger charge is 2.44. The maximum Gasteiger partial charge on any atom is 0.299 e. The van der Waals surface area contributed by atoms with Crippen molar-refractivity contribution >= 4 is 5.91 Å². The standard InChI is InChI=1S/C16H13F2NO3/c17-16(18)12-4-2-1-3-10(12)11-7-9(5-6-13(11)16)15(22)19-8-14(20)21/h1-7,14,20-21H,8H2,(H,19,22). The van der Waals surface area contributed by atoms with Gasteiger partial charge in [-0.2, -0.15) is 8.78 Å². The Labute approximate surface area is 125 Å². The second-order valence-electron chi connectivity index (χ2n) is 5.07. The van der Waals surface area contributed by atoms with Crippen molar-refractivity contribution in [3.63, 3.8) is 0 Å². The molecule has 4 nitrogen and oxygen atoms in total. The van der Waals surface area contributed by atoms with Gasteiger partial charge in [0, 0.05) is 16.7 Å². The molecule has 1 amide bonds. The first-order valence-corrected chi connectivity index (χ1v) is 6.68. The van der Waals surface area contributed by atoms with Gasteiger partial charge in [-0.1, -0.05) is 30.3 Å². The van der Waals surface area contributed by atoms with Crippen molar-refractivity contribution in [2.45, 2.75) is 12.2 Å². The number of amides is 1. The molecule has 0 fully saturated rings. The van der Waals surface area contributed by atoms with Crippen LogP contribution >= 0.6 is 0 Å². The van der Waals surface area contributed by atoms with Gasteiger partial charge in [0.1, 0.15) is 0 Å². The third-order valence-electron chi connectivity index (χ3n) is 3.62. The van der Waals surface area contributed by atoms with Crippen LogP contribution in [0.5, 0.6) is 0 Å². The number of alkyl halides is 2. The number of nitrogens with one attached hydrogen (secondary N) is 1. The summed E-state index contributed by atoms with van der Waals surface area (Å²) in [5.41, 5.74) is 0.699. The van der Waals surface area contributed by atoms with Crippen LogP contribution in [0.3, 0.4) is 0 Å². The molecule has 0 heterocycles. The smallest absolute Gasteiger partial charge is 0.299 e. The molecule has 0 saturated carbocycles. The Balaban J connectivity index is 2.01. The van der Waals surface area contributed by atoms with Crippen molar-refractivity contribution in [1.29, 1.82) is 0 Å². The molecule has 0 aromatic heterocycles. The van der Waals surface area contributed by atoms with Crippen LogP contribution in [0.2, 0.25) is 0 Å². The minimum Gasteiger partial charge on any atom is -0.367 e. The summed E-state index contributed by atoms with van der Waals surface area (Å²) in [7, 11) is 0. The van der Waals surface area contributed by atoms with E-state index in [0.717, 1.165) is 0 Å². The zero-order valence-electron chi connectivity index (χ0n) is 11.4. The Kier molecular flexibility index (Phi) is 3.42. The summed E-state index contributed by atoms with van der Waals surface area (Å²) in [6.07, 6.45) is -1.66. The lowest BCUT2D eigenvalue weighted by Gasteiger charge is -2.12. The van der Waals surface area contributed by atoms with E-state index in [0.29, 0.717) is 11.1 Å². The highest BCUT2D eigenvalue weighted by Crippen LogP contribution is 2.50. The van der Waals surface area contributed by atoms with E-state index in [9.17, 15) is 13.6 Å². The maximum absolute atomic E-state index is 14.3. The van der Waals surface area contributed by atoms with Gasteiger partial charge in [0.25, 0.3) is 11.8 Å². The number of fused-ring (bicyclic) bond motifs is 3. The van der Waals surface area contributed by atoms with E-state index in [1.807, 2.05) is 0 Å². The summed E-state index contributed by atoms with van der Waals surface area (Å²) < 4.78 is 28.7. The maximum atomic E-state index is 14.3. The molecule has 0 saturated heterocycles. The Hall–Kier alpha value is -2.31. The number of rotatable bonds is 3. The van der Waals surface area contributed by atoms with Crippen molar-refractivity contribution < 1.29 is 23.8 Å². The molecule has 3 rings (SSSR count). The highest BCUT2D eigenvalue weighted by atomic mass is 19.3. The summed E-state index contributed by atoms with van der Waals surface area (Å²) in [5.74, 6) is -3.63. The molecule has 114 valence electrons. The summed E-state index contributed by atoms with van der Waals surface area (Å²) in [5, 5.41) is 19.8. The average Bonchev–Trinajstić information content (AvgIpc) is 2.73. The fourth-order valence-corrected chi connectivity index (χ4v) is 2.61. The number of aliphatic hydroxyl groups is 2. The van der Waals surface area contributed by atoms with Gasteiger partial charge in [-0.05, 0) is 23.3 Å². The first-order chi connectivity index (χ1) is 10.4. The molecule has 1 aliphatic rings. The number of benzene rings is 2. The van der Waals surface area contributed by atoms with Crippen LogP contribution in [0.1, 0.15) is 21.5 Å². The lowest BCUT2D eigenvalue weighted by atomic mass is 10.0. The van der Waals surface area contributed by atoms with E-state index in [1.165, 1.54) is 24.3 Å². The quantitative estimate of drug-likeness (QED) is 0.758. The van der Waals surface area contributed by atoms with Crippen molar-refractivity contribution in [1.82, 2.24) is 5.32 Å². The number of aliphatic hydroxyl groups excluding tert-OH is 1. The number of halogens is 2. The highest BCUT2D eigenvalue weighted by molar-refractivity contribution is 5.96. The summed E-state index contributed by atoms with van der Waals surface area (Å²) >= 11 is 0. The van der Waals surface area contributed by atoms with Crippen LogP contribution < -0.4 is 5.32 Å². The first-order valence-electron chi connectivity index (χ1n) is 6.68. The van der Waals surface area contributed by atoms with Crippen LogP contribution in [0.15, 0.2) is 42.5 Å². The number of carbonyl (C=O) groups is 1. The molecule has 0 radical (unpaired) electrons. The lowest BCUT2D eigenvalue weighted by Crippen LogP contribution is -2.31. The molecule has 0 bridgehead atoms. The van der Waals surface area contributed by atoms with Crippen LogP contribution in [-0.2, 0) is 5.92 Å². The van der Waals surface area contributed by atoms with Gasteiger partial charge in [-0.15, -0.1) is 0 Å². The monoisotopic (exact) mass is 305 g/mol. The molecular weight excluding hydrogens is 292 g/mol. The molecule has 0 aliphatic heterocycles. The molecule has 1 aliphatic carbocycles. The zero-order chi connectivity index (χ0) is 15.9. The van der Waals surface area contributed by atoms with E-state index < -0.39 is 18.1 Å². The molecule has 0 unspecified atom stereocenters. The SMILES string of the molecule is O=C(NCC(O)O)c1ccc2c(c1)-c1ccccc1C2(F)F. The van der Waals surface area contributed by atoms with E-state index in [4.69, 9.17) is 10.2 Å². The Morgan fingerprint density at radius 1 is 1.09 bits per heavy atom. The van der Waals surface area contributed by atoms with E-state index >= 15 is 0 Å². The van der Waals surface area contributed by atoms with E-state index in [-0.39, 0.29) is 23.2 Å². The van der Waals surface area contributed by atoms with Gasteiger partial charge >= 0.3 is 0 Å². The van der Waals surface area contributed by atoms with E-state index in [2.05, 4.69) is 5.32 Å². The summed E-state index contributed by atoms with van der Waals surface area (Å²) in [4.78, 5) is 11.9. The van der Waals surface area contributed by atoms with Crippen LogP contribution in [0.25, 0.3) is 11.1 Å². The van der Waals surface area contributed by atoms with Gasteiger partial charge in [0.2, 0.25) is 0 Å². The van der Waals surface area contributed by atoms with Crippen molar-refractivity contribution in [3.8, 4) is 11.1 Å². The molecular formula is C16H13F2NO3. The van der Waals surface area contributed by atoms with Gasteiger partial charge in [0.05, 0.1) is 6.54 Å². The van der Waals surface area contributed by atoms with E-state index in [1.54, 1.807) is 18.2 Å². The molecule has 6 heteroatoms. The van der Waals surface area contributed by atoms with Crippen LogP contribution in [-0.4, -0.2) is 29.0 Å². The average molecular weight is 305 g/mol. The lowest BCUT2D eigenvalue weighted by molar-refractivity contribution is -0.0361. The number of hydrogen-bond acceptors (Lipinski definition) is 3. The zero-order valence-corrected chi connectivity index (χ0v) is 11.4. The summed E-state index contributed by atoms with van der Waals surface area (Å²) in [6, 6.07) is 10.1. The van der Waals surface area contributed by atoms with Crippen molar-refractivity contribution in [2.24, 2.45) is 0 Å². The largest absolute Gasteiger partial charge is 0.367 e. The second kappa shape index (κ2) is 5.15. The molecule has 2 aromatic carbocycles. The predicted octanol–water partition coefficient (Wildman–Crippen LogP) is 1.85. The third-order valence-corrected chi connectivity index (χ3v) is 3.62. The van der Waals surface area contributed by atoms with Gasteiger partial charge in [0.15, 0.2) is 6.29 Å². The van der Waals surface area contributed by atoms with Crippen molar-refractivity contribution in [2.75, 3.05) is 6.54 Å². The third kappa shape index (κ3) is 2.26. The Morgan fingerprint density at radius 2 is 1.77 bits per heavy atom. The van der Waals surface area contributed by atoms with Crippen LogP contribution in [0, 0.1) is 0 Å². The molecule has 0 atom stereocenters. The fourth-order valence-electron chi connectivity index (χ4n) is 2.61. The number of carbonyl (C=O) groups excluding carboxylic acids is 1. The van der Waals surface area contributed by atoms with Crippen LogP contribution in [0.4, 0.5) is 8.78 Å².